The quantitative estimate of drug-likeness (QED) is 0.857. The maximum atomic E-state index is 12.9. The number of piperazine rings is 1. The molecule has 4 nitrogen and oxygen atoms in total. The van der Waals surface area contributed by atoms with Crippen LogP contribution in [-0.2, 0) is 11.2 Å². The Labute approximate surface area is 112 Å². The molecular weight excluding hydrogens is 247 g/mol. The first-order valence-electron chi connectivity index (χ1n) is 6.51. The normalized spacial score (nSPS) is 22.1. The van der Waals surface area contributed by atoms with E-state index in [1.807, 2.05) is 11.8 Å². The minimum absolute atomic E-state index is 0.119. The standard InChI is InChI=1S/C14H19FN2O2/c1-10(8-11-2-4-12(15)5-3-11)17-7-6-16-9-13(17)14(18)19/h2-5,10,13,16H,6-9H2,1H3,(H,18,19). The number of nitrogens with one attached hydrogen (secondary N) is 1. The van der Waals surface area contributed by atoms with Gasteiger partial charge in [-0.1, -0.05) is 12.1 Å². The summed E-state index contributed by atoms with van der Waals surface area (Å²) in [7, 11) is 0. The molecule has 0 bridgehead atoms. The maximum absolute atomic E-state index is 12.9. The summed E-state index contributed by atoms with van der Waals surface area (Å²) in [6.07, 6.45) is 0.726. The Bertz CT molecular complexity index is 436. The van der Waals surface area contributed by atoms with Crippen LogP contribution in [-0.4, -0.2) is 47.7 Å². The van der Waals surface area contributed by atoms with E-state index in [4.69, 9.17) is 0 Å². The van der Waals surface area contributed by atoms with Crippen molar-refractivity contribution in [1.29, 1.82) is 0 Å². The molecule has 0 aliphatic carbocycles. The van der Waals surface area contributed by atoms with Crippen LogP contribution in [0.2, 0.25) is 0 Å². The van der Waals surface area contributed by atoms with Crippen LogP contribution >= 0.6 is 0 Å². The largest absolute Gasteiger partial charge is 0.480 e. The molecule has 0 aromatic heterocycles. The molecule has 19 heavy (non-hydrogen) atoms. The van der Waals surface area contributed by atoms with Crippen molar-refractivity contribution < 1.29 is 14.3 Å². The molecule has 2 rings (SSSR count). The average Bonchev–Trinajstić information content (AvgIpc) is 2.41. The highest BCUT2D eigenvalue weighted by atomic mass is 19.1. The Balaban J connectivity index is 2.03. The lowest BCUT2D eigenvalue weighted by molar-refractivity contribution is -0.144. The minimum Gasteiger partial charge on any atom is -0.480 e. The monoisotopic (exact) mass is 266 g/mol. The van der Waals surface area contributed by atoms with Crippen LogP contribution in [0.25, 0.3) is 0 Å². The van der Waals surface area contributed by atoms with Gasteiger partial charge < -0.3 is 10.4 Å². The van der Waals surface area contributed by atoms with E-state index in [0.717, 1.165) is 25.1 Å². The van der Waals surface area contributed by atoms with Crippen molar-refractivity contribution in [2.45, 2.75) is 25.4 Å². The molecule has 2 N–H and O–H groups in total. The molecule has 1 aliphatic heterocycles. The minimum atomic E-state index is -0.793. The van der Waals surface area contributed by atoms with E-state index in [-0.39, 0.29) is 11.9 Å². The van der Waals surface area contributed by atoms with Gasteiger partial charge in [-0.3, -0.25) is 9.69 Å². The van der Waals surface area contributed by atoms with Crippen LogP contribution in [0.15, 0.2) is 24.3 Å². The van der Waals surface area contributed by atoms with Crippen molar-refractivity contribution in [3.63, 3.8) is 0 Å². The van der Waals surface area contributed by atoms with E-state index >= 15 is 0 Å². The van der Waals surface area contributed by atoms with Crippen molar-refractivity contribution >= 4 is 5.97 Å². The zero-order chi connectivity index (χ0) is 13.8. The number of carboxylic acids is 1. The third-order valence-corrected chi connectivity index (χ3v) is 3.58. The second-order valence-corrected chi connectivity index (χ2v) is 4.98. The van der Waals surface area contributed by atoms with Crippen LogP contribution in [0.5, 0.6) is 0 Å². The van der Waals surface area contributed by atoms with Gasteiger partial charge in [0, 0.05) is 25.7 Å². The zero-order valence-electron chi connectivity index (χ0n) is 11.0. The lowest BCUT2D eigenvalue weighted by atomic mass is 10.0. The molecule has 2 atom stereocenters. The SMILES string of the molecule is CC(Cc1ccc(F)cc1)N1CCNCC1C(=O)O. The summed E-state index contributed by atoms with van der Waals surface area (Å²) >= 11 is 0. The van der Waals surface area contributed by atoms with Gasteiger partial charge in [0.25, 0.3) is 0 Å². The van der Waals surface area contributed by atoms with Gasteiger partial charge in [0.1, 0.15) is 11.9 Å². The van der Waals surface area contributed by atoms with Crippen molar-refractivity contribution in [2.75, 3.05) is 19.6 Å². The molecule has 1 fully saturated rings. The van der Waals surface area contributed by atoms with Crippen LogP contribution in [0, 0.1) is 5.82 Å². The predicted molar refractivity (Wildman–Crippen MR) is 70.6 cm³/mol. The van der Waals surface area contributed by atoms with E-state index in [0.29, 0.717) is 6.54 Å². The van der Waals surface area contributed by atoms with E-state index in [1.165, 1.54) is 12.1 Å². The Kier molecular flexibility index (Phi) is 4.50. The van der Waals surface area contributed by atoms with Crippen LogP contribution < -0.4 is 5.32 Å². The highest BCUT2D eigenvalue weighted by Gasteiger charge is 2.31. The highest BCUT2D eigenvalue weighted by molar-refractivity contribution is 5.74. The summed E-state index contributed by atoms with van der Waals surface area (Å²) in [5, 5.41) is 12.3. The summed E-state index contributed by atoms with van der Waals surface area (Å²) in [5.41, 5.74) is 1.02. The van der Waals surface area contributed by atoms with Crippen molar-refractivity contribution in [2.24, 2.45) is 0 Å². The van der Waals surface area contributed by atoms with Crippen molar-refractivity contribution in [3.8, 4) is 0 Å². The summed E-state index contributed by atoms with van der Waals surface area (Å²) in [6.45, 7) is 4.02. The highest BCUT2D eigenvalue weighted by Crippen LogP contribution is 2.14. The number of hydrogen-bond donors (Lipinski definition) is 2. The summed E-state index contributed by atoms with van der Waals surface area (Å²) in [5.74, 6) is -1.04. The number of carboxylic acid groups (broad SMARTS) is 1. The maximum Gasteiger partial charge on any atom is 0.322 e. The Morgan fingerprint density at radius 1 is 1.53 bits per heavy atom. The molecule has 1 saturated heterocycles. The third-order valence-electron chi connectivity index (χ3n) is 3.58. The third kappa shape index (κ3) is 3.52. The first-order chi connectivity index (χ1) is 9.08. The Morgan fingerprint density at radius 2 is 2.21 bits per heavy atom. The molecule has 0 saturated carbocycles. The average molecular weight is 266 g/mol. The molecule has 0 radical (unpaired) electrons. The lowest BCUT2D eigenvalue weighted by Gasteiger charge is -2.38. The number of nitrogens with zero attached hydrogens (tertiary/aromatic N) is 1. The van der Waals surface area contributed by atoms with Gasteiger partial charge in [0.15, 0.2) is 0 Å². The van der Waals surface area contributed by atoms with Crippen molar-refractivity contribution in [1.82, 2.24) is 10.2 Å². The number of halogens is 1. The summed E-state index contributed by atoms with van der Waals surface area (Å²) < 4.78 is 12.9. The fourth-order valence-electron chi connectivity index (χ4n) is 2.56. The number of rotatable bonds is 4. The smallest absolute Gasteiger partial charge is 0.322 e. The second-order valence-electron chi connectivity index (χ2n) is 4.98. The van der Waals surface area contributed by atoms with Gasteiger partial charge in [-0.05, 0) is 31.0 Å². The first-order valence-corrected chi connectivity index (χ1v) is 6.51. The predicted octanol–water partition coefficient (Wildman–Crippen LogP) is 1.12. The Hall–Kier alpha value is -1.46. The molecule has 1 aromatic rings. The van der Waals surface area contributed by atoms with Crippen LogP contribution in [0.3, 0.4) is 0 Å². The van der Waals surface area contributed by atoms with Crippen LogP contribution in [0.1, 0.15) is 12.5 Å². The summed E-state index contributed by atoms with van der Waals surface area (Å²) in [4.78, 5) is 13.2. The van der Waals surface area contributed by atoms with Gasteiger partial charge >= 0.3 is 5.97 Å². The molecule has 0 amide bonds. The van der Waals surface area contributed by atoms with Crippen LogP contribution in [0.4, 0.5) is 4.39 Å². The van der Waals surface area contributed by atoms with Gasteiger partial charge in [-0.15, -0.1) is 0 Å². The molecular formula is C14H19FN2O2. The fourth-order valence-corrected chi connectivity index (χ4v) is 2.56. The molecule has 1 aromatic carbocycles. The van der Waals surface area contributed by atoms with Crippen molar-refractivity contribution in [3.05, 3.63) is 35.6 Å². The topological polar surface area (TPSA) is 52.6 Å². The van der Waals surface area contributed by atoms with Gasteiger partial charge in [-0.2, -0.15) is 0 Å². The van der Waals surface area contributed by atoms with Gasteiger partial charge in [-0.25, -0.2) is 4.39 Å². The van der Waals surface area contributed by atoms with E-state index in [1.54, 1.807) is 12.1 Å². The first kappa shape index (κ1) is 14.0. The second kappa shape index (κ2) is 6.12. The number of aliphatic carboxylic acids is 1. The van der Waals surface area contributed by atoms with E-state index in [9.17, 15) is 14.3 Å². The lowest BCUT2D eigenvalue weighted by Crippen LogP contribution is -2.58. The fraction of sp³-hybridized carbons (Fsp3) is 0.500. The molecule has 0 spiro atoms. The molecule has 5 heteroatoms. The number of carbonyl (C=O) groups is 1. The number of hydrogen-bond acceptors (Lipinski definition) is 3. The van der Waals surface area contributed by atoms with Gasteiger partial charge in [0.05, 0.1) is 0 Å². The molecule has 1 aliphatic rings. The molecule has 1 heterocycles. The summed E-state index contributed by atoms with van der Waals surface area (Å²) in [6, 6.07) is 6.02. The molecule has 104 valence electrons. The van der Waals surface area contributed by atoms with E-state index < -0.39 is 12.0 Å². The van der Waals surface area contributed by atoms with E-state index in [2.05, 4.69) is 5.32 Å². The zero-order valence-corrected chi connectivity index (χ0v) is 11.0. The molecule has 2 unspecified atom stereocenters. The number of benzene rings is 1. The van der Waals surface area contributed by atoms with Gasteiger partial charge in [0.2, 0.25) is 0 Å². The Morgan fingerprint density at radius 3 is 2.84 bits per heavy atom.